The van der Waals surface area contributed by atoms with Gasteiger partial charge in [-0.2, -0.15) is 0 Å². The Bertz CT molecular complexity index is 2820. The number of hydrogen-bond donors (Lipinski definition) is 0. The van der Waals surface area contributed by atoms with Crippen LogP contribution in [0.4, 0.5) is 0 Å². The first-order chi connectivity index (χ1) is 25.3. The number of hydrogen-bond acceptors (Lipinski definition) is 5. The van der Waals surface area contributed by atoms with Crippen molar-refractivity contribution in [3.8, 4) is 56.4 Å². The third-order valence-corrected chi connectivity index (χ3v) is 10.8. The van der Waals surface area contributed by atoms with Crippen LogP contribution in [-0.4, -0.2) is 19.9 Å². The normalized spacial score (nSPS) is 11.5. The third kappa shape index (κ3) is 5.14. The molecule has 0 unspecified atom stereocenters. The van der Waals surface area contributed by atoms with Gasteiger partial charge in [0, 0.05) is 59.2 Å². The summed E-state index contributed by atoms with van der Waals surface area (Å²) < 4.78 is 2.62. The molecule has 4 heterocycles. The van der Waals surface area contributed by atoms with Gasteiger partial charge in [0.25, 0.3) is 0 Å². The molecule has 4 nitrogen and oxygen atoms in total. The van der Waals surface area contributed by atoms with Crippen LogP contribution in [-0.2, 0) is 0 Å². The van der Waals surface area contributed by atoms with E-state index in [0.717, 1.165) is 56.1 Å². The SMILES string of the molecule is c1ccc(-c2nc(-c3ccc(-c4ccc(-c5nc6ccccc6c6c5ccc5c7ccccc7sc56)cc4)cc3)cc(-c3ccccn3)n2)cc1. The Morgan fingerprint density at radius 3 is 1.82 bits per heavy atom. The van der Waals surface area contributed by atoms with Gasteiger partial charge in [0.1, 0.15) is 0 Å². The van der Waals surface area contributed by atoms with Crippen LogP contribution in [0.5, 0.6) is 0 Å². The summed E-state index contributed by atoms with van der Waals surface area (Å²) in [6, 6.07) is 57.1. The molecule has 10 aromatic rings. The number of aromatic nitrogens is 4. The third-order valence-electron chi connectivity index (χ3n) is 9.57. The predicted octanol–water partition coefficient (Wildman–Crippen LogP) is 12.3. The molecular weight excluding hydrogens is 641 g/mol. The highest BCUT2D eigenvalue weighted by molar-refractivity contribution is 7.26. The van der Waals surface area contributed by atoms with E-state index in [9.17, 15) is 0 Å². The number of pyridine rings is 2. The van der Waals surface area contributed by atoms with Crippen LogP contribution < -0.4 is 0 Å². The number of benzene rings is 6. The Morgan fingerprint density at radius 1 is 0.392 bits per heavy atom. The van der Waals surface area contributed by atoms with E-state index in [2.05, 4.69) is 114 Å². The minimum atomic E-state index is 0.677. The van der Waals surface area contributed by atoms with E-state index in [1.165, 1.54) is 36.3 Å². The second-order valence-electron chi connectivity index (χ2n) is 12.6. The Morgan fingerprint density at radius 2 is 1.04 bits per heavy atom. The number of nitrogens with zero attached hydrogens (tertiary/aromatic N) is 4. The average molecular weight is 669 g/mol. The lowest BCUT2D eigenvalue weighted by atomic mass is 9.96. The Kier molecular flexibility index (Phi) is 6.96. The molecule has 0 amide bonds. The zero-order chi connectivity index (χ0) is 33.7. The summed E-state index contributed by atoms with van der Waals surface area (Å²) >= 11 is 1.87. The van der Waals surface area contributed by atoms with Crippen LogP contribution in [0.3, 0.4) is 0 Å². The van der Waals surface area contributed by atoms with Gasteiger partial charge in [0.05, 0.1) is 28.3 Å². The van der Waals surface area contributed by atoms with Gasteiger partial charge in [-0.1, -0.05) is 133 Å². The fourth-order valence-corrected chi connectivity index (χ4v) is 8.31. The summed E-state index contributed by atoms with van der Waals surface area (Å²) in [5.74, 6) is 0.677. The molecule has 0 aliphatic heterocycles. The molecule has 5 heteroatoms. The molecule has 4 aromatic heterocycles. The van der Waals surface area contributed by atoms with Crippen molar-refractivity contribution < 1.29 is 0 Å². The quantitative estimate of drug-likeness (QED) is 0.171. The van der Waals surface area contributed by atoms with Gasteiger partial charge in [-0.3, -0.25) is 4.98 Å². The smallest absolute Gasteiger partial charge is 0.160 e. The molecule has 0 atom stereocenters. The minimum Gasteiger partial charge on any atom is -0.255 e. The molecule has 0 saturated heterocycles. The molecule has 51 heavy (non-hydrogen) atoms. The molecule has 0 saturated carbocycles. The van der Waals surface area contributed by atoms with E-state index >= 15 is 0 Å². The molecule has 0 N–H and O–H groups in total. The maximum atomic E-state index is 5.23. The summed E-state index contributed by atoms with van der Waals surface area (Å²) in [5, 5.41) is 6.25. The first kappa shape index (κ1) is 29.4. The van der Waals surface area contributed by atoms with Crippen LogP contribution in [0.15, 0.2) is 170 Å². The summed E-state index contributed by atoms with van der Waals surface area (Å²) in [5.41, 5.74) is 9.85. The van der Waals surface area contributed by atoms with E-state index in [4.69, 9.17) is 15.0 Å². The Balaban J connectivity index is 1.03. The highest BCUT2D eigenvalue weighted by Gasteiger charge is 2.16. The highest BCUT2D eigenvalue weighted by Crippen LogP contribution is 2.43. The molecule has 0 radical (unpaired) electrons. The molecule has 0 bridgehead atoms. The van der Waals surface area contributed by atoms with E-state index in [1.54, 1.807) is 6.20 Å². The van der Waals surface area contributed by atoms with E-state index in [1.807, 2.05) is 65.9 Å². The van der Waals surface area contributed by atoms with Crippen molar-refractivity contribution in [3.63, 3.8) is 0 Å². The molecule has 238 valence electrons. The Hall–Kier alpha value is -6.56. The van der Waals surface area contributed by atoms with Crippen molar-refractivity contribution in [1.82, 2.24) is 19.9 Å². The largest absolute Gasteiger partial charge is 0.255 e. The van der Waals surface area contributed by atoms with Crippen molar-refractivity contribution in [3.05, 3.63) is 170 Å². The molecule has 6 aromatic carbocycles. The van der Waals surface area contributed by atoms with Gasteiger partial charge in [-0.25, -0.2) is 15.0 Å². The zero-order valence-electron chi connectivity index (χ0n) is 27.4. The van der Waals surface area contributed by atoms with Crippen molar-refractivity contribution in [2.24, 2.45) is 0 Å². The summed E-state index contributed by atoms with van der Waals surface area (Å²) in [6.07, 6.45) is 1.79. The van der Waals surface area contributed by atoms with Gasteiger partial charge in [0.15, 0.2) is 5.82 Å². The first-order valence-electron chi connectivity index (χ1n) is 17.0. The maximum absolute atomic E-state index is 5.23. The first-order valence-corrected chi connectivity index (χ1v) is 17.8. The second kappa shape index (κ2) is 12.1. The lowest BCUT2D eigenvalue weighted by Crippen LogP contribution is -1.96. The van der Waals surface area contributed by atoms with Gasteiger partial charge in [-0.05, 0) is 41.5 Å². The zero-order valence-corrected chi connectivity index (χ0v) is 28.2. The summed E-state index contributed by atoms with van der Waals surface area (Å²) in [6.45, 7) is 0. The van der Waals surface area contributed by atoms with Crippen LogP contribution >= 0.6 is 11.3 Å². The van der Waals surface area contributed by atoms with Crippen LogP contribution in [0, 0.1) is 0 Å². The highest BCUT2D eigenvalue weighted by atomic mass is 32.1. The van der Waals surface area contributed by atoms with Crippen molar-refractivity contribution in [2.45, 2.75) is 0 Å². The van der Waals surface area contributed by atoms with Crippen molar-refractivity contribution in [1.29, 1.82) is 0 Å². The van der Waals surface area contributed by atoms with E-state index in [-0.39, 0.29) is 0 Å². The van der Waals surface area contributed by atoms with Crippen LogP contribution in [0.25, 0.3) is 98.3 Å². The number of fused-ring (bicyclic) bond motifs is 7. The van der Waals surface area contributed by atoms with Crippen molar-refractivity contribution >= 4 is 53.2 Å². The molecule has 10 rings (SSSR count). The lowest BCUT2D eigenvalue weighted by Gasteiger charge is -2.12. The van der Waals surface area contributed by atoms with E-state index < -0.39 is 0 Å². The number of para-hydroxylation sites is 1. The fraction of sp³-hybridized carbons (Fsp3) is 0. The predicted molar refractivity (Wildman–Crippen MR) is 213 cm³/mol. The molecular formula is C46H28N4S. The van der Waals surface area contributed by atoms with Crippen molar-refractivity contribution in [2.75, 3.05) is 0 Å². The van der Waals surface area contributed by atoms with Gasteiger partial charge < -0.3 is 0 Å². The maximum Gasteiger partial charge on any atom is 0.160 e. The monoisotopic (exact) mass is 668 g/mol. The standard InChI is InChI=1S/C46H28N4S/c1-2-10-33(11-3-1)46-49-40(28-41(50-46)39-15-8-9-27-47-39)31-21-17-29(18-22-31)30-19-23-32(24-20-30)44-37-26-25-35-34-12-5-7-16-42(34)51-45(35)43(37)36-13-4-6-14-38(36)48-44/h1-28H. The lowest BCUT2D eigenvalue weighted by molar-refractivity contribution is 1.16. The van der Waals surface area contributed by atoms with Crippen LogP contribution in [0.1, 0.15) is 0 Å². The number of rotatable bonds is 5. The topological polar surface area (TPSA) is 51.6 Å². The average Bonchev–Trinajstić information content (AvgIpc) is 3.60. The summed E-state index contributed by atoms with van der Waals surface area (Å²) in [4.78, 5) is 19.6. The van der Waals surface area contributed by atoms with Gasteiger partial charge >= 0.3 is 0 Å². The second-order valence-corrected chi connectivity index (χ2v) is 13.7. The summed E-state index contributed by atoms with van der Waals surface area (Å²) in [7, 11) is 0. The molecule has 0 aliphatic carbocycles. The minimum absolute atomic E-state index is 0.677. The number of thiophene rings is 1. The molecule has 0 fully saturated rings. The van der Waals surface area contributed by atoms with E-state index in [0.29, 0.717) is 5.82 Å². The molecule has 0 aliphatic rings. The molecule has 0 spiro atoms. The fourth-order valence-electron chi connectivity index (χ4n) is 7.05. The van der Waals surface area contributed by atoms with Gasteiger partial charge in [0.2, 0.25) is 0 Å². The Labute approximate surface area is 298 Å². The van der Waals surface area contributed by atoms with Gasteiger partial charge in [-0.15, -0.1) is 11.3 Å². The van der Waals surface area contributed by atoms with Crippen LogP contribution in [0.2, 0.25) is 0 Å².